The molecule has 2 heterocycles. The summed E-state index contributed by atoms with van der Waals surface area (Å²) in [6.45, 7) is 4.09. The monoisotopic (exact) mass is 463 g/mol. The van der Waals surface area contributed by atoms with E-state index in [0.717, 1.165) is 23.0 Å². The van der Waals surface area contributed by atoms with Crippen LogP contribution < -0.4 is 5.32 Å². The summed E-state index contributed by atoms with van der Waals surface area (Å²) < 4.78 is 2.22. The lowest BCUT2D eigenvalue weighted by Gasteiger charge is -2.31. The van der Waals surface area contributed by atoms with Crippen LogP contribution in [0.15, 0.2) is 53.9 Å². The molecule has 33 heavy (non-hydrogen) atoms. The first-order valence-electron chi connectivity index (χ1n) is 11.5. The molecule has 0 spiro atoms. The average Bonchev–Trinajstić information content (AvgIpc) is 3.27. The summed E-state index contributed by atoms with van der Waals surface area (Å²) in [6, 6.07) is 11.2. The van der Waals surface area contributed by atoms with E-state index in [1.807, 2.05) is 18.3 Å². The predicted octanol–water partition coefficient (Wildman–Crippen LogP) is 5.41. The largest absolute Gasteiger partial charge is 0.326 e. The van der Waals surface area contributed by atoms with Gasteiger partial charge in [-0.3, -0.25) is 19.1 Å². The number of anilines is 1. The molecule has 1 amide bonds. The van der Waals surface area contributed by atoms with E-state index in [2.05, 4.69) is 32.0 Å². The third-order valence-corrected chi connectivity index (χ3v) is 7.07. The maximum Gasteiger partial charge on any atom is 0.224 e. The minimum Gasteiger partial charge on any atom is -0.326 e. The molecule has 3 aromatic rings. The molecule has 1 saturated carbocycles. The molecule has 1 aliphatic rings. The SMILES string of the molecule is CCC(=O)Nc1ccc(C(=O)CSc2nnc(-c3cccnc3)n2[C@@H]2CCCC[C@@H]2C)cc1. The van der Waals surface area contributed by atoms with Gasteiger partial charge >= 0.3 is 0 Å². The minimum atomic E-state index is -0.0506. The van der Waals surface area contributed by atoms with Crippen molar-refractivity contribution < 1.29 is 9.59 Å². The molecular weight excluding hydrogens is 434 g/mol. The normalized spacial score (nSPS) is 18.1. The Morgan fingerprint density at radius 1 is 1.12 bits per heavy atom. The molecule has 1 aliphatic carbocycles. The summed E-state index contributed by atoms with van der Waals surface area (Å²) in [5.41, 5.74) is 2.24. The summed E-state index contributed by atoms with van der Waals surface area (Å²) in [6.07, 6.45) is 8.67. The molecule has 0 saturated heterocycles. The Hall–Kier alpha value is -3.00. The third-order valence-electron chi connectivity index (χ3n) is 6.13. The highest BCUT2D eigenvalue weighted by molar-refractivity contribution is 7.99. The molecule has 4 rings (SSSR count). The smallest absolute Gasteiger partial charge is 0.224 e. The molecule has 2 aromatic heterocycles. The maximum atomic E-state index is 12.9. The van der Waals surface area contributed by atoms with E-state index in [1.54, 1.807) is 37.4 Å². The van der Waals surface area contributed by atoms with E-state index in [9.17, 15) is 9.59 Å². The van der Waals surface area contributed by atoms with Crippen LogP contribution in [-0.4, -0.2) is 37.2 Å². The molecule has 7 nitrogen and oxygen atoms in total. The fraction of sp³-hybridized carbons (Fsp3) is 0.400. The van der Waals surface area contributed by atoms with Crippen LogP contribution >= 0.6 is 11.8 Å². The van der Waals surface area contributed by atoms with Crippen LogP contribution in [0.1, 0.15) is 62.4 Å². The number of rotatable bonds is 8. The number of amides is 1. The number of thioether (sulfide) groups is 1. The number of aromatic nitrogens is 4. The lowest BCUT2D eigenvalue weighted by molar-refractivity contribution is -0.115. The highest BCUT2D eigenvalue weighted by Crippen LogP contribution is 2.39. The molecule has 8 heteroatoms. The molecule has 2 atom stereocenters. The molecule has 1 aromatic carbocycles. The summed E-state index contributed by atoms with van der Waals surface area (Å²) in [5.74, 6) is 1.57. The Bertz CT molecular complexity index is 1100. The number of benzene rings is 1. The summed E-state index contributed by atoms with van der Waals surface area (Å²) in [7, 11) is 0. The zero-order valence-corrected chi connectivity index (χ0v) is 19.8. The molecule has 1 fully saturated rings. The van der Waals surface area contributed by atoms with Gasteiger partial charge in [0, 0.05) is 41.7 Å². The predicted molar refractivity (Wildman–Crippen MR) is 130 cm³/mol. The van der Waals surface area contributed by atoms with Crippen LogP contribution in [0.25, 0.3) is 11.4 Å². The van der Waals surface area contributed by atoms with Gasteiger partial charge in [0.15, 0.2) is 16.8 Å². The molecule has 1 N–H and O–H groups in total. The Kier molecular flexibility index (Phi) is 7.54. The van der Waals surface area contributed by atoms with Crippen LogP contribution in [0.2, 0.25) is 0 Å². The van der Waals surface area contributed by atoms with Crippen molar-refractivity contribution in [2.45, 2.75) is 57.1 Å². The zero-order valence-electron chi connectivity index (χ0n) is 19.0. The van der Waals surface area contributed by atoms with Crippen molar-refractivity contribution in [1.82, 2.24) is 19.7 Å². The van der Waals surface area contributed by atoms with Gasteiger partial charge in [-0.05, 0) is 55.2 Å². The number of nitrogens with zero attached hydrogens (tertiary/aromatic N) is 4. The number of hydrogen-bond donors (Lipinski definition) is 1. The number of ketones is 1. The van der Waals surface area contributed by atoms with Crippen LogP contribution in [0.3, 0.4) is 0 Å². The van der Waals surface area contributed by atoms with Crippen molar-refractivity contribution in [3.8, 4) is 11.4 Å². The van der Waals surface area contributed by atoms with Gasteiger partial charge in [-0.15, -0.1) is 10.2 Å². The first kappa shape index (κ1) is 23.2. The van der Waals surface area contributed by atoms with Crippen molar-refractivity contribution in [1.29, 1.82) is 0 Å². The van der Waals surface area contributed by atoms with Crippen LogP contribution in [0, 0.1) is 5.92 Å². The second-order valence-corrected chi connectivity index (χ2v) is 9.38. The van der Waals surface area contributed by atoms with Gasteiger partial charge in [0.1, 0.15) is 0 Å². The maximum absolute atomic E-state index is 12.9. The van der Waals surface area contributed by atoms with Gasteiger partial charge in [-0.25, -0.2) is 0 Å². The van der Waals surface area contributed by atoms with Crippen molar-refractivity contribution in [2.24, 2.45) is 5.92 Å². The Morgan fingerprint density at radius 2 is 1.91 bits per heavy atom. The molecule has 0 bridgehead atoms. The third kappa shape index (κ3) is 5.50. The number of pyridine rings is 1. The van der Waals surface area contributed by atoms with Gasteiger partial charge in [-0.1, -0.05) is 38.5 Å². The number of hydrogen-bond acceptors (Lipinski definition) is 6. The molecule has 0 aliphatic heterocycles. The van der Waals surface area contributed by atoms with Crippen LogP contribution in [0.4, 0.5) is 5.69 Å². The topological polar surface area (TPSA) is 89.8 Å². The zero-order chi connectivity index (χ0) is 23.2. The van der Waals surface area contributed by atoms with E-state index in [1.165, 1.54) is 31.0 Å². The molecule has 0 unspecified atom stereocenters. The first-order valence-corrected chi connectivity index (χ1v) is 12.5. The quantitative estimate of drug-likeness (QED) is 0.355. The number of nitrogens with one attached hydrogen (secondary N) is 1. The van der Waals surface area contributed by atoms with E-state index in [0.29, 0.717) is 29.6 Å². The van der Waals surface area contributed by atoms with Crippen molar-refractivity contribution in [3.05, 3.63) is 54.4 Å². The number of carbonyl (C=O) groups is 2. The summed E-state index contributed by atoms with van der Waals surface area (Å²) in [5, 5.41) is 12.5. The van der Waals surface area contributed by atoms with Gasteiger partial charge < -0.3 is 5.32 Å². The van der Waals surface area contributed by atoms with Crippen LogP contribution in [-0.2, 0) is 4.79 Å². The Morgan fingerprint density at radius 3 is 2.61 bits per heavy atom. The fourth-order valence-corrected chi connectivity index (χ4v) is 5.14. The molecule has 0 radical (unpaired) electrons. The van der Waals surface area contributed by atoms with Crippen molar-refractivity contribution >= 4 is 29.1 Å². The van der Waals surface area contributed by atoms with Crippen LogP contribution in [0.5, 0.6) is 0 Å². The van der Waals surface area contributed by atoms with E-state index < -0.39 is 0 Å². The minimum absolute atomic E-state index is 0.0162. The van der Waals surface area contributed by atoms with E-state index >= 15 is 0 Å². The Labute approximate surface area is 198 Å². The first-order chi connectivity index (χ1) is 16.1. The van der Waals surface area contributed by atoms with Crippen molar-refractivity contribution in [3.63, 3.8) is 0 Å². The summed E-state index contributed by atoms with van der Waals surface area (Å²) in [4.78, 5) is 28.7. The summed E-state index contributed by atoms with van der Waals surface area (Å²) >= 11 is 1.43. The molecule has 172 valence electrons. The highest BCUT2D eigenvalue weighted by atomic mass is 32.2. The lowest BCUT2D eigenvalue weighted by atomic mass is 9.85. The number of carbonyl (C=O) groups excluding carboxylic acids is 2. The average molecular weight is 464 g/mol. The number of Topliss-reactive ketones (excluding diaryl/α,β-unsaturated/α-hetero) is 1. The molecular formula is C25H29N5O2S. The van der Waals surface area contributed by atoms with Gasteiger partial charge in [0.05, 0.1) is 5.75 Å². The highest BCUT2D eigenvalue weighted by Gasteiger charge is 2.29. The van der Waals surface area contributed by atoms with E-state index in [4.69, 9.17) is 0 Å². The van der Waals surface area contributed by atoms with Gasteiger partial charge in [0.25, 0.3) is 0 Å². The standard InChI is InChI=1S/C25H29N5O2S/c1-3-23(32)27-20-12-10-18(11-13-20)22(31)16-33-25-29-28-24(19-8-6-14-26-15-19)30(25)21-9-5-4-7-17(21)2/h6,8,10-15,17,21H,3-5,7,9,16H2,1-2H3,(H,27,32)/t17-,21+/m0/s1. The lowest BCUT2D eigenvalue weighted by Crippen LogP contribution is -2.22. The second-order valence-electron chi connectivity index (χ2n) is 8.44. The van der Waals surface area contributed by atoms with Gasteiger partial charge in [0.2, 0.25) is 5.91 Å². The van der Waals surface area contributed by atoms with Crippen molar-refractivity contribution in [2.75, 3.05) is 11.1 Å². The fourth-order valence-electron chi connectivity index (χ4n) is 4.25. The van der Waals surface area contributed by atoms with Gasteiger partial charge in [-0.2, -0.15) is 0 Å². The van der Waals surface area contributed by atoms with E-state index in [-0.39, 0.29) is 17.4 Å². The Balaban J connectivity index is 1.52. The second kappa shape index (κ2) is 10.7.